The van der Waals surface area contributed by atoms with Gasteiger partial charge < -0.3 is 9.47 Å². The monoisotopic (exact) mass is 388 g/mol. The Morgan fingerprint density at radius 1 is 0.862 bits per heavy atom. The van der Waals surface area contributed by atoms with Gasteiger partial charge >= 0.3 is 5.97 Å². The summed E-state index contributed by atoms with van der Waals surface area (Å²) in [4.78, 5) is 12.4. The van der Waals surface area contributed by atoms with E-state index in [4.69, 9.17) is 9.47 Å². The third kappa shape index (κ3) is 5.55. The minimum absolute atomic E-state index is 0.00741. The molecule has 0 aliphatic rings. The lowest BCUT2D eigenvalue weighted by atomic mass is 10.0. The van der Waals surface area contributed by atoms with E-state index in [0.29, 0.717) is 11.3 Å². The molecule has 3 rings (SSSR count). The summed E-state index contributed by atoms with van der Waals surface area (Å²) in [6, 6.07) is 23.6. The van der Waals surface area contributed by atoms with Crippen molar-refractivity contribution in [3.05, 3.63) is 89.5 Å². The molecule has 0 aromatic heterocycles. The van der Waals surface area contributed by atoms with Crippen molar-refractivity contribution in [1.82, 2.24) is 0 Å². The summed E-state index contributed by atoms with van der Waals surface area (Å²) in [5, 5.41) is 0. The van der Waals surface area contributed by atoms with Gasteiger partial charge in [0, 0.05) is 7.11 Å². The van der Waals surface area contributed by atoms with E-state index in [9.17, 15) is 4.79 Å². The molecule has 0 fully saturated rings. The van der Waals surface area contributed by atoms with Gasteiger partial charge in [0.1, 0.15) is 5.75 Å². The standard InChI is InChI=1S/C26H28O3/c1-4-5-6-20-7-9-22(10-8-20)23-11-13-24(14-12-23)26(27)29-25-17-15-21(16-18-25)19(2)28-3/h7-19H,4-6H2,1-3H3. The van der Waals surface area contributed by atoms with Crippen LogP contribution in [-0.2, 0) is 11.2 Å². The third-order valence-electron chi connectivity index (χ3n) is 5.14. The number of carbonyl (C=O) groups excluding carboxylic acids is 1. The van der Waals surface area contributed by atoms with Gasteiger partial charge in [0.05, 0.1) is 11.7 Å². The highest BCUT2D eigenvalue weighted by Gasteiger charge is 2.10. The summed E-state index contributed by atoms with van der Waals surface area (Å²) in [5.41, 5.74) is 5.16. The predicted octanol–water partition coefficient (Wildman–Crippen LogP) is 6.62. The number of rotatable bonds is 8. The van der Waals surface area contributed by atoms with Crippen LogP contribution in [-0.4, -0.2) is 13.1 Å². The topological polar surface area (TPSA) is 35.5 Å². The number of esters is 1. The van der Waals surface area contributed by atoms with Gasteiger partial charge in [-0.2, -0.15) is 0 Å². The second-order valence-corrected chi connectivity index (χ2v) is 7.21. The van der Waals surface area contributed by atoms with Crippen LogP contribution in [0.15, 0.2) is 72.8 Å². The molecule has 29 heavy (non-hydrogen) atoms. The molecule has 1 atom stereocenters. The van der Waals surface area contributed by atoms with Gasteiger partial charge in [0.25, 0.3) is 0 Å². The van der Waals surface area contributed by atoms with Crippen molar-refractivity contribution in [3.8, 4) is 16.9 Å². The van der Waals surface area contributed by atoms with Gasteiger partial charge in [-0.1, -0.05) is 61.9 Å². The Morgan fingerprint density at radius 3 is 2.00 bits per heavy atom. The molecular formula is C26H28O3. The van der Waals surface area contributed by atoms with Gasteiger partial charge in [-0.15, -0.1) is 0 Å². The third-order valence-corrected chi connectivity index (χ3v) is 5.14. The summed E-state index contributed by atoms with van der Waals surface area (Å²) in [6.45, 7) is 4.18. The lowest BCUT2D eigenvalue weighted by Crippen LogP contribution is -2.08. The fourth-order valence-electron chi connectivity index (χ4n) is 3.15. The zero-order chi connectivity index (χ0) is 20.6. The second-order valence-electron chi connectivity index (χ2n) is 7.21. The van der Waals surface area contributed by atoms with E-state index in [0.717, 1.165) is 23.1 Å². The van der Waals surface area contributed by atoms with Crippen LogP contribution < -0.4 is 4.74 Å². The minimum atomic E-state index is -0.362. The zero-order valence-corrected chi connectivity index (χ0v) is 17.4. The van der Waals surface area contributed by atoms with E-state index < -0.39 is 0 Å². The van der Waals surface area contributed by atoms with Crippen LogP contribution in [0.5, 0.6) is 5.75 Å². The molecule has 0 amide bonds. The quantitative estimate of drug-likeness (QED) is 0.321. The summed E-state index contributed by atoms with van der Waals surface area (Å²) < 4.78 is 10.8. The van der Waals surface area contributed by atoms with Crippen LogP contribution in [0.3, 0.4) is 0 Å². The first-order valence-corrected chi connectivity index (χ1v) is 10.1. The molecule has 0 saturated carbocycles. The Kier molecular flexibility index (Phi) is 7.20. The molecule has 3 aromatic rings. The normalized spacial score (nSPS) is 11.8. The van der Waals surface area contributed by atoms with Crippen LogP contribution in [0, 0.1) is 0 Å². The second kappa shape index (κ2) is 10.0. The molecule has 3 nitrogen and oxygen atoms in total. The zero-order valence-electron chi connectivity index (χ0n) is 17.4. The first kappa shape index (κ1) is 20.8. The number of hydrogen-bond donors (Lipinski definition) is 0. The molecule has 1 unspecified atom stereocenters. The summed E-state index contributed by atoms with van der Waals surface area (Å²) >= 11 is 0. The molecule has 0 aliphatic heterocycles. The van der Waals surface area contributed by atoms with Crippen molar-refractivity contribution in [3.63, 3.8) is 0 Å². The number of aryl methyl sites for hydroxylation is 1. The molecule has 0 bridgehead atoms. The highest BCUT2D eigenvalue weighted by molar-refractivity contribution is 5.91. The van der Waals surface area contributed by atoms with Gasteiger partial charge in [-0.25, -0.2) is 4.79 Å². The van der Waals surface area contributed by atoms with E-state index in [2.05, 4.69) is 31.2 Å². The van der Waals surface area contributed by atoms with Crippen molar-refractivity contribution < 1.29 is 14.3 Å². The van der Waals surface area contributed by atoms with E-state index in [1.165, 1.54) is 18.4 Å². The maximum atomic E-state index is 12.4. The van der Waals surface area contributed by atoms with Crippen LogP contribution >= 0.6 is 0 Å². The summed E-state index contributed by atoms with van der Waals surface area (Å²) in [7, 11) is 1.67. The van der Waals surface area contributed by atoms with Crippen LogP contribution in [0.1, 0.15) is 54.3 Å². The van der Waals surface area contributed by atoms with Gasteiger partial charge in [-0.05, 0) is 66.3 Å². The van der Waals surface area contributed by atoms with Crippen molar-refractivity contribution in [2.24, 2.45) is 0 Å². The number of carbonyl (C=O) groups is 1. The van der Waals surface area contributed by atoms with Crippen molar-refractivity contribution in [2.45, 2.75) is 39.2 Å². The molecule has 0 spiro atoms. The van der Waals surface area contributed by atoms with Crippen LogP contribution in [0.4, 0.5) is 0 Å². The van der Waals surface area contributed by atoms with Gasteiger partial charge in [0.2, 0.25) is 0 Å². The highest BCUT2D eigenvalue weighted by Crippen LogP contribution is 2.23. The van der Waals surface area contributed by atoms with E-state index in [1.54, 1.807) is 19.2 Å². The average molecular weight is 389 g/mol. The molecule has 0 saturated heterocycles. The smallest absolute Gasteiger partial charge is 0.343 e. The van der Waals surface area contributed by atoms with Crippen molar-refractivity contribution in [2.75, 3.05) is 7.11 Å². The molecule has 0 radical (unpaired) electrons. The fraction of sp³-hybridized carbons (Fsp3) is 0.269. The number of benzene rings is 3. The highest BCUT2D eigenvalue weighted by atomic mass is 16.5. The van der Waals surface area contributed by atoms with E-state index >= 15 is 0 Å². The maximum absolute atomic E-state index is 12.4. The SMILES string of the molecule is CCCCc1ccc(-c2ccc(C(=O)Oc3ccc(C(C)OC)cc3)cc2)cc1. The number of hydrogen-bond acceptors (Lipinski definition) is 3. The van der Waals surface area contributed by atoms with Crippen LogP contribution in [0.25, 0.3) is 11.1 Å². The fourth-order valence-corrected chi connectivity index (χ4v) is 3.15. The first-order chi connectivity index (χ1) is 14.1. The summed E-state index contributed by atoms with van der Waals surface area (Å²) in [5.74, 6) is 0.160. The largest absolute Gasteiger partial charge is 0.423 e. The molecule has 0 aliphatic carbocycles. The summed E-state index contributed by atoms with van der Waals surface area (Å²) in [6.07, 6.45) is 3.54. The Labute approximate surface area is 173 Å². The molecule has 0 heterocycles. The van der Waals surface area contributed by atoms with E-state index in [1.807, 2.05) is 43.3 Å². The molecule has 3 heteroatoms. The first-order valence-electron chi connectivity index (χ1n) is 10.1. The Bertz CT molecular complexity index is 910. The predicted molar refractivity (Wildman–Crippen MR) is 117 cm³/mol. The number of methoxy groups -OCH3 is 1. The lowest BCUT2D eigenvalue weighted by molar-refractivity contribution is 0.0734. The lowest BCUT2D eigenvalue weighted by Gasteiger charge is -2.10. The molecular weight excluding hydrogens is 360 g/mol. The van der Waals surface area contributed by atoms with Crippen LogP contribution in [0.2, 0.25) is 0 Å². The Morgan fingerprint density at radius 2 is 1.45 bits per heavy atom. The van der Waals surface area contributed by atoms with Gasteiger partial charge in [-0.3, -0.25) is 0 Å². The maximum Gasteiger partial charge on any atom is 0.343 e. The minimum Gasteiger partial charge on any atom is -0.423 e. The average Bonchev–Trinajstić information content (AvgIpc) is 2.78. The van der Waals surface area contributed by atoms with Gasteiger partial charge in [0.15, 0.2) is 0 Å². The van der Waals surface area contributed by atoms with E-state index in [-0.39, 0.29) is 12.1 Å². The number of ether oxygens (including phenoxy) is 2. The Hall–Kier alpha value is -2.91. The van der Waals surface area contributed by atoms with Crippen molar-refractivity contribution >= 4 is 5.97 Å². The molecule has 3 aromatic carbocycles. The Balaban J connectivity index is 1.64. The molecule has 150 valence electrons. The number of unbranched alkanes of at least 4 members (excludes halogenated alkanes) is 1. The van der Waals surface area contributed by atoms with Crippen molar-refractivity contribution in [1.29, 1.82) is 0 Å². The molecule has 0 N–H and O–H groups in total.